The van der Waals surface area contributed by atoms with Gasteiger partial charge in [-0.15, -0.1) is 0 Å². The van der Waals surface area contributed by atoms with E-state index in [2.05, 4.69) is 5.32 Å². The molecule has 2 N–H and O–H groups in total. The second-order valence-corrected chi connectivity index (χ2v) is 5.49. The molecular weight excluding hydrogens is 309 g/mol. The number of halogens is 2. The van der Waals surface area contributed by atoms with Crippen molar-refractivity contribution in [3.63, 3.8) is 0 Å². The van der Waals surface area contributed by atoms with Gasteiger partial charge in [0.2, 0.25) is 0 Å². The van der Waals surface area contributed by atoms with Gasteiger partial charge in [-0.2, -0.15) is 0 Å². The molecule has 1 aliphatic heterocycles. The largest absolute Gasteiger partial charge is 0.375 e. The summed E-state index contributed by atoms with van der Waals surface area (Å²) in [7, 11) is 0. The molecule has 0 bridgehead atoms. The number of ketones is 1. The standard InChI is InChI=1S/C16H11ClFNO3/c17-12-3-1-2-11-14(12)19-15(21)16(11,22)8-13(20)9-4-6-10(18)7-5-9/h1-7,22H,8H2,(H,19,21)/t16-/m0/s1. The zero-order chi connectivity index (χ0) is 15.9. The molecule has 2 aromatic rings. The highest BCUT2D eigenvalue weighted by Gasteiger charge is 2.47. The lowest BCUT2D eigenvalue weighted by molar-refractivity contribution is -0.133. The molecule has 1 heterocycles. The highest BCUT2D eigenvalue weighted by Crippen LogP contribution is 2.42. The normalized spacial score (nSPS) is 19.7. The molecule has 3 rings (SSSR count). The van der Waals surface area contributed by atoms with Gasteiger partial charge in [-0.1, -0.05) is 23.7 Å². The Labute approximate surface area is 130 Å². The number of rotatable bonds is 3. The summed E-state index contributed by atoms with van der Waals surface area (Å²) in [5, 5.41) is 13.4. The Bertz CT molecular complexity index is 775. The van der Waals surface area contributed by atoms with E-state index in [0.717, 1.165) is 12.1 Å². The molecule has 1 atom stereocenters. The first kappa shape index (κ1) is 14.7. The summed E-state index contributed by atoms with van der Waals surface area (Å²) in [5.41, 5.74) is -1.19. The van der Waals surface area contributed by atoms with E-state index in [1.807, 2.05) is 0 Å². The summed E-state index contributed by atoms with van der Waals surface area (Å²) in [5.74, 6) is -1.64. The fourth-order valence-electron chi connectivity index (χ4n) is 2.48. The first-order valence-electron chi connectivity index (χ1n) is 6.53. The molecule has 0 radical (unpaired) electrons. The molecule has 4 nitrogen and oxygen atoms in total. The van der Waals surface area contributed by atoms with Gasteiger partial charge in [-0.25, -0.2) is 4.39 Å². The molecule has 1 amide bonds. The molecule has 0 saturated carbocycles. The Kier molecular flexibility index (Phi) is 3.47. The quantitative estimate of drug-likeness (QED) is 0.855. The van der Waals surface area contributed by atoms with E-state index in [0.29, 0.717) is 5.69 Å². The van der Waals surface area contributed by atoms with Crippen LogP contribution < -0.4 is 5.32 Å². The van der Waals surface area contributed by atoms with Crippen LogP contribution in [-0.2, 0) is 10.4 Å². The second-order valence-electron chi connectivity index (χ2n) is 5.08. The number of nitrogens with one attached hydrogen (secondary N) is 1. The van der Waals surface area contributed by atoms with Crippen molar-refractivity contribution in [2.75, 3.05) is 5.32 Å². The third-order valence-electron chi connectivity index (χ3n) is 3.66. The Morgan fingerprint density at radius 2 is 1.91 bits per heavy atom. The number of carbonyl (C=O) groups is 2. The SMILES string of the molecule is O=C(C[C@@]1(O)C(=O)Nc2c(Cl)cccc21)c1ccc(F)cc1. The van der Waals surface area contributed by atoms with Crippen LogP contribution in [0.1, 0.15) is 22.3 Å². The van der Waals surface area contributed by atoms with Crippen LogP contribution >= 0.6 is 11.6 Å². The number of fused-ring (bicyclic) bond motifs is 1. The van der Waals surface area contributed by atoms with Crippen LogP contribution in [0.15, 0.2) is 42.5 Å². The highest BCUT2D eigenvalue weighted by atomic mass is 35.5. The van der Waals surface area contributed by atoms with Crippen molar-refractivity contribution in [2.24, 2.45) is 0 Å². The fraction of sp³-hybridized carbons (Fsp3) is 0.125. The minimum absolute atomic E-state index is 0.220. The topological polar surface area (TPSA) is 66.4 Å². The summed E-state index contributed by atoms with van der Waals surface area (Å²) in [4.78, 5) is 24.4. The van der Waals surface area contributed by atoms with Crippen LogP contribution in [-0.4, -0.2) is 16.8 Å². The van der Waals surface area contributed by atoms with Gasteiger partial charge in [0.05, 0.1) is 17.1 Å². The smallest absolute Gasteiger partial charge is 0.261 e. The number of aliphatic hydroxyl groups is 1. The van der Waals surface area contributed by atoms with Crippen molar-refractivity contribution < 1.29 is 19.1 Å². The third kappa shape index (κ3) is 2.28. The lowest BCUT2D eigenvalue weighted by atomic mass is 9.88. The van der Waals surface area contributed by atoms with Gasteiger partial charge < -0.3 is 10.4 Å². The zero-order valence-corrected chi connectivity index (χ0v) is 12.0. The van der Waals surface area contributed by atoms with Crippen LogP contribution in [0.5, 0.6) is 0 Å². The average Bonchev–Trinajstić information content (AvgIpc) is 2.73. The molecule has 2 aromatic carbocycles. The molecule has 1 aliphatic rings. The minimum atomic E-state index is -1.98. The van der Waals surface area contributed by atoms with Crippen molar-refractivity contribution >= 4 is 29.0 Å². The Morgan fingerprint density at radius 1 is 1.23 bits per heavy atom. The summed E-state index contributed by atoms with van der Waals surface area (Å²) in [6.45, 7) is 0. The average molecular weight is 320 g/mol. The lowest BCUT2D eigenvalue weighted by Crippen LogP contribution is -2.36. The molecule has 6 heteroatoms. The maximum atomic E-state index is 12.9. The van der Waals surface area contributed by atoms with Gasteiger partial charge in [-0.3, -0.25) is 9.59 Å². The summed E-state index contributed by atoms with van der Waals surface area (Å²) < 4.78 is 12.9. The molecule has 0 unspecified atom stereocenters. The Hall–Kier alpha value is -2.24. The Morgan fingerprint density at radius 3 is 2.59 bits per heavy atom. The predicted octanol–water partition coefficient (Wildman–Crippen LogP) is 2.89. The summed E-state index contributed by atoms with van der Waals surface area (Å²) >= 11 is 5.98. The van der Waals surface area contributed by atoms with E-state index in [9.17, 15) is 19.1 Å². The van der Waals surface area contributed by atoms with Gasteiger partial charge in [0.1, 0.15) is 5.82 Å². The number of hydrogen-bond donors (Lipinski definition) is 2. The maximum absolute atomic E-state index is 12.9. The van der Waals surface area contributed by atoms with E-state index in [1.54, 1.807) is 12.1 Å². The van der Waals surface area contributed by atoms with E-state index in [4.69, 9.17) is 11.6 Å². The van der Waals surface area contributed by atoms with E-state index < -0.39 is 29.5 Å². The number of amides is 1. The van der Waals surface area contributed by atoms with Crippen LogP contribution in [0, 0.1) is 5.82 Å². The molecule has 112 valence electrons. The van der Waals surface area contributed by atoms with E-state index in [-0.39, 0.29) is 16.1 Å². The van der Waals surface area contributed by atoms with Crippen molar-refractivity contribution in [3.8, 4) is 0 Å². The van der Waals surface area contributed by atoms with Gasteiger partial charge >= 0.3 is 0 Å². The molecular formula is C16H11ClFNO3. The zero-order valence-electron chi connectivity index (χ0n) is 11.3. The van der Waals surface area contributed by atoms with Crippen LogP contribution in [0.2, 0.25) is 5.02 Å². The van der Waals surface area contributed by atoms with E-state index >= 15 is 0 Å². The molecule has 0 saturated heterocycles. The molecule has 22 heavy (non-hydrogen) atoms. The molecule has 0 fully saturated rings. The van der Waals surface area contributed by atoms with Crippen molar-refractivity contribution in [3.05, 3.63) is 64.4 Å². The second kappa shape index (κ2) is 5.19. The molecule has 0 aromatic heterocycles. The van der Waals surface area contributed by atoms with Gasteiger partial charge in [-0.05, 0) is 30.3 Å². The first-order valence-corrected chi connectivity index (χ1v) is 6.91. The van der Waals surface area contributed by atoms with Gasteiger partial charge in [0, 0.05) is 11.1 Å². The molecule has 0 spiro atoms. The number of hydrogen-bond acceptors (Lipinski definition) is 3. The minimum Gasteiger partial charge on any atom is -0.375 e. The number of Topliss-reactive ketones (excluding diaryl/α,β-unsaturated/α-hetero) is 1. The number of carbonyl (C=O) groups excluding carboxylic acids is 2. The predicted molar refractivity (Wildman–Crippen MR) is 79.3 cm³/mol. The lowest BCUT2D eigenvalue weighted by Gasteiger charge is -2.20. The van der Waals surface area contributed by atoms with Crippen LogP contribution in [0.4, 0.5) is 10.1 Å². The highest BCUT2D eigenvalue weighted by molar-refractivity contribution is 6.34. The Balaban J connectivity index is 1.95. The van der Waals surface area contributed by atoms with Crippen molar-refractivity contribution in [1.82, 2.24) is 0 Å². The number of para-hydroxylation sites is 1. The molecule has 0 aliphatic carbocycles. The van der Waals surface area contributed by atoms with Crippen LogP contribution in [0.3, 0.4) is 0 Å². The number of anilines is 1. The summed E-state index contributed by atoms with van der Waals surface area (Å²) in [6.07, 6.45) is -0.447. The first-order chi connectivity index (χ1) is 10.4. The fourth-order valence-corrected chi connectivity index (χ4v) is 2.70. The van der Waals surface area contributed by atoms with Crippen molar-refractivity contribution in [2.45, 2.75) is 12.0 Å². The number of benzene rings is 2. The van der Waals surface area contributed by atoms with Crippen molar-refractivity contribution in [1.29, 1.82) is 0 Å². The monoisotopic (exact) mass is 319 g/mol. The van der Waals surface area contributed by atoms with Gasteiger partial charge in [0.25, 0.3) is 5.91 Å². The van der Waals surface area contributed by atoms with E-state index in [1.165, 1.54) is 18.2 Å². The summed E-state index contributed by atoms with van der Waals surface area (Å²) in [6, 6.07) is 9.63. The van der Waals surface area contributed by atoms with Gasteiger partial charge in [0.15, 0.2) is 11.4 Å². The van der Waals surface area contributed by atoms with Crippen LogP contribution in [0.25, 0.3) is 0 Å². The third-order valence-corrected chi connectivity index (χ3v) is 3.97. The maximum Gasteiger partial charge on any atom is 0.261 e.